The summed E-state index contributed by atoms with van der Waals surface area (Å²) in [6.45, 7) is 0. The van der Waals surface area contributed by atoms with Crippen LogP contribution in [0.4, 0.5) is 5.00 Å². The Morgan fingerprint density at radius 3 is 2.39 bits per heavy atom. The number of benzene rings is 3. The molecule has 0 saturated carbocycles. The van der Waals surface area contributed by atoms with E-state index in [2.05, 4.69) is 5.32 Å². The highest BCUT2D eigenvalue weighted by Gasteiger charge is 2.17. The third-order valence-corrected chi connectivity index (χ3v) is 5.64. The minimum atomic E-state index is -0.557. The Kier molecular flexibility index (Phi) is 4.91. The number of carbonyl (C=O) groups is 2. The van der Waals surface area contributed by atoms with Gasteiger partial charge in [-0.2, -0.15) is 0 Å². The average molecular weight is 386 g/mol. The van der Waals surface area contributed by atoms with Gasteiger partial charge in [-0.05, 0) is 28.0 Å². The summed E-state index contributed by atoms with van der Waals surface area (Å²) in [4.78, 5) is 25.4. The van der Waals surface area contributed by atoms with Crippen molar-refractivity contribution in [3.63, 3.8) is 0 Å². The Labute approximate surface area is 166 Å². The van der Waals surface area contributed by atoms with E-state index < -0.39 is 5.91 Å². The number of hydrogen-bond acceptors (Lipinski definition) is 3. The van der Waals surface area contributed by atoms with E-state index in [0.29, 0.717) is 10.6 Å². The minimum absolute atomic E-state index is 0.180. The van der Waals surface area contributed by atoms with Crippen molar-refractivity contribution in [3.8, 4) is 10.4 Å². The number of primary amides is 1. The van der Waals surface area contributed by atoms with Crippen LogP contribution >= 0.6 is 11.3 Å². The highest BCUT2D eigenvalue weighted by molar-refractivity contribution is 7.20. The molecule has 0 fully saturated rings. The third kappa shape index (κ3) is 3.66. The minimum Gasteiger partial charge on any atom is -0.366 e. The summed E-state index contributed by atoms with van der Waals surface area (Å²) in [6.07, 6.45) is 0.220. The predicted molar refractivity (Wildman–Crippen MR) is 115 cm³/mol. The molecule has 3 N–H and O–H groups in total. The summed E-state index contributed by atoms with van der Waals surface area (Å²) >= 11 is 1.35. The number of anilines is 1. The van der Waals surface area contributed by atoms with Crippen LogP contribution in [0.5, 0.6) is 0 Å². The van der Waals surface area contributed by atoms with Crippen molar-refractivity contribution >= 4 is 38.9 Å². The zero-order valence-corrected chi connectivity index (χ0v) is 15.8. The van der Waals surface area contributed by atoms with Crippen LogP contribution in [0.3, 0.4) is 0 Å². The fraction of sp³-hybridized carbons (Fsp3) is 0.0435. The van der Waals surface area contributed by atoms with Gasteiger partial charge in [0.2, 0.25) is 5.91 Å². The van der Waals surface area contributed by atoms with Gasteiger partial charge in [0.1, 0.15) is 5.00 Å². The molecule has 4 rings (SSSR count). The normalized spacial score (nSPS) is 10.7. The molecule has 138 valence electrons. The number of fused-ring (bicyclic) bond motifs is 1. The van der Waals surface area contributed by atoms with Crippen LogP contribution in [0.1, 0.15) is 15.9 Å². The van der Waals surface area contributed by atoms with Gasteiger partial charge in [0.25, 0.3) is 5.91 Å². The fourth-order valence-corrected chi connectivity index (χ4v) is 4.29. The van der Waals surface area contributed by atoms with Gasteiger partial charge in [-0.25, -0.2) is 0 Å². The Hall–Kier alpha value is -3.44. The molecule has 0 spiro atoms. The van der Waals surface area contributed by atoms with Crippen LogP contribution < -0.4 is 11.1 Å². The van der Waals surface area contributed by atoms with Crippen LogP contribution in [-0.4, -0.2) is 11.8 Å². The van der Waals surface area contributed by atoms with E-state index in [9.17, 15) is 9.59 Å². The molecule has 0 aliphatic rings. The summed E-state index contributed by atoms with van der Waals surface area (Å²) in [5.74, 6) is -0.737. The molecule has 2 amide bonds. The highest BCUT2D eigenvalue weighted by Crippen LogP contribution is 2.35. The van der Waals surface area contributed by atoms with E-state index in [4.69, 9.17) is 5.73 Å². The third-order valence-electron chi connectivity index (χ3n) is 4.54. The Morgan fingerprint density at radius 2 is 1.61 bits per heavy atom. The van der Waals surface area contributed by atoms with E-state index in [1.54, 1.807) is 6.07 Å². The van der Waals surface area contributed by atoms with Gasteiger partial charge in [-0.3, -0.25) is 9.59 Å². The van der Waals surface area contributed by atoms with Gasteiger partial charge in [0, 0.05) is 4.88 Å². The second kappa shape index (κ2) is 7.66. The smallest absolute Gasteiger partial charge is 0.251 e. The van der Waals surface area contributed by atoms with Crippen molar-refractivity contribution < 1.29 is 9.59 Å². The van der Waals surface area contributed by atoms with Crippen molar-refractivity contribution in [2.45, 2.75) is 6.42 Å². The van der Waals surface area contributed by atoms with Crippen LogP contribution in [0.25, 0.3) is 21.2 Å². The van der Waals surface area contributed by atoms with Crippen molar-refractivity contribution in [1.29, 1.82) is 0 Å². The van der Waals surface area contributed by atoms with Gasteiger partial charge in [-0.1, -0.05) is 72.8 Å². The van der Waals surface area contributed by atoms with Gasteiger partial charge in [0.15, 0.2) is 0 Å². The van der Waals surface area contributed by atoms with E-state index in [1.807, 2.05) is 72.8 Å². The van der Waals surface area contributed by atoms with E-state index in [-0.39, 0.29) is 12.3 Å². The molecule has 0 aliphatic heterocycles. The number of carbonyl (C=O) groups excluding carboxylic acids is 2. The van der Waals surface area contributed by atoms with E-state index in [0.717, 1.165) is 26.8 Å². The molecule has 1 heterocycles. The standard InChI is InChI=1S/C23H18N2O2S/c24-22(27)19-14-20(16-8-2-1-3-9-16)28-23(19)25-21(26)13-17-11-6-10-15-7-4-5-12-18(15)17/h1-12,14H,13H2,(H2,24,27)(H,25,26). The molecule has 4 aromatic rings. The van der Waals surface area contributed by atoms with Gasteiger partial charge < -0.3 is 11.1 Å². The van der Waals surface area contributed by atoms with Crippen molar-refractivity contribution in [1.82, 2.24) is 0 Å². The number of nitrogens with one attached hydrogen (secondary N) is 1. The molecule has 5 heteroatoms. The Morgan fingerprint density at radius 1 is 0.893 bits per heavy atom. The van der Waals surface area contributed by atoms with Crippen molar-refractivity contribution in [3.05, 3.63) is 90.0 Å². The molecule has 4 nitrogen and oxygen atoms in total. The fourth-order valence-electron chi connectivity index (χ4n) is 3.20. The van der Waals surface area contributed by atoms with Crippen LogP contribution in [0, 0.1) is 0 Å². The molecule has 1 aromatic heterocycles. The molecule has 0 bridgehead atoms. The summed E-state index contributed by atoms with van der Waals surface area (Å²) < 4.78 is 0. The van der Waals surface area contributed by atoms with E-state index >= 15 is 0 Å². The van der Waals surface area contributed by atoms with Gasteiger partial charge in [0.05, 0.1) is 12.0 Å². The van der Waals surface area contributed by atoms with Crippen LogP contribution in [0.15, 0.2) is 78.9 Å². The summed E-state index contributed by atoms with van der Waals surface area (Å²) in [5, 5.41) is 5.50. The maximum absolute atomic E-state index is 12.7. The molecule has 0 unspecified atom stereocenters. The van der Waals surface area contributed by atoms with Crippen molar-refractivity contribution in [2.24, 2.45) is 5.73 Å². The van der Waals surface area contributed by atoms with E-state index in [1.165, 1.54) is 11.3 Å². The first-order chi connectivity index (χ1) is 13.6. The largest absolute Gasteiger partial charge is 0.366 e. The van der Waals surface area contributed by atoms with Gasteiger partial charge >= 0.3 is 0 Å². The van der Waals surface area contributed by atoms with Gasteiger partial charge in [-0.15, -0.1) is 11.3 Å². The molecule has 0 aliphatic carbocycles. The highest BCUT2D eigenvalue weighted by atomic mass is 32.1. The topological polar surface area (TPSA) is 72.2 Å². The quantitative estimate of drug-likeness (QED) is 0.515. The molecule has 3 aromatic carbocycles. The maximum atomic E-state index is 12.7. The monoisotopic (exact) mass is 386 g/mol. The maximum Gasteiger partial charge on any atom is 0.251 e. The number of rotatable bonds is 5. The lowest BCUT2D eigenvalue weighted by molar-refractivity contribution is -0.115. The first-order valence-electron chi connectivity index (χ1n) is 8.87. The molecular weight excluding hydrogens is 368 g/mol. The number of hydrogen-bond donors (Lipinski definition) is 2. The lowest BCUT2D eigenvalue weighted by Gasteiger charge is -2.07. The summed E-state index contributed by atoms with van der Waals surface area (Å²) in [5.41, 5.74) is 7.77. The average Bonchev–Trinajstić information content (AvgIpc) is 3.13. The van der Waals surface area contributed by atoms with Crippen LogP contribution in [-0.2, 0) is 11.2 Å². The predicted octanol–water partition coefficient (Wildman–Crippen LogP) is 4.85. The lowest BCUT2D eigenvalue weighted by Crippen LogP contribution is -2.18. The van der Waals surface area contributed by atoms with Crippen molar-refractivity contribution in [2.75, 3.05) is 5.32 Å². The molecule has 28 heavy (non-hydrogen) atoms. The second-order valence-electron chi connectivity index (χ2n) is 6.45. The number of amides is 2. The Balaban J connectivity index is 1.60. The number of thiophene rings is 1. The first-order valence-corrected chi connectivity index (χ1v) is 9.69. The molecule has 0 radical (unpaired) electrons. The second-order valence-corrected chi connectivity index (χ2v) is 7.50. The zero-order valence-electron chi connectivity index (χ0n) is 15.0. The summed E-state index contributed by atoms with van der Waals surface area (Å²) in [7, 11) is 0. The molecule has 0 atom stereocenters. The molecule has 0 saturated heterocycles. The summed E-state index contributed by atoms with van der Waals surface area (Å²) in [6, 6.07) is 25.3. The number of nitrogens with two attached hydrogens (primary N) is 1. The Bertz CT molecular complexity index is 1160. The molecular formula is C23H18N2O2S. The van der Waals surface area contributed by atoms with Crippen LogP contribution in [0.2, 0.25) is 0 Å². The zero-order chi connectivity index (χ0) is 19.5. The SMILES string of the molecule is NC(=O)c1cc(-c2ccccc2)sc1NC(=O)Cc1cccc2ccccc12. The first kappa shape index (κ1) is 17.9. The lowest BCUT2D eigenvalue weighted by atomic mass is 10.0.